The second kappa shape index (κ2) is 8.00. The van der Waals surface area contributed by atoms with E-state index in [0.29, 0.717) is 5.69 Å². The molecule has 0 fully saturated rings. The summed E-state index contributed by atoms with van der Waals surface area (Å²) >= 11 is 0. The highest BCUT2D eigenvalue weighted by atomic mass is 19.1. The lowest BCUT2D eigenvalue weighted by atomic mass is 10.1. The average molecular weight is 405 g/mol. The standard InChI is InChI=1S/C21H16FN5O3/c22-17-4-2-1-3-14(17)12-27-20(29)16(11-23-21(27)30)19(28)25-15-7-5-13(6-8-15)18-9-10-24-26-18/h1-11H,12H2,(H,23,30)(H,24,26)(H,25,28). The van der Waals surface area contributed by atoms with Gasteiger partial charge in [0.15, 0.2) is 0 Å². The van der Waals surface area contributed by atoms with Gasteiger partial charge >= 0.3 is 5.69 Å². The number of H-pyrrole nitrogens is 2. The second-order valence-corrected chi connectivity index (χ2v) is 6.49. The van der Waals surface area contributed by atoms with Gasteiger partial charge in [-0.1, -0.05) is 30.3 Å². The molecular formula is C21H16FN5O3. The van der Waals surface area contributed by atoms with Gasteiger partial charge in [-0.2, -0.15) is 5.10 Å². The lowest BCUT2D eigenvalue weighted by Gasteiger charge is -2.09. The highest BCUT2D eigenvalue weighted by Gasteiger charge is 2.16. The molecule has 0 bridgehead atoms. The molecular weight excluding hydrogens is 389 g/mol. The molecule has 0 aliphatic heterocycles. The smallest absolute Gasteiger partial charge is 0.322 e. The first kappa shape index (κ1) is 19.1. The minimum Gasteiger partial charge on any atom is -0.322 e. The van der Waals surface area contributed by atoms with Crippen LogP contribution in [0.2, 0.25) is 0 Å². The minimum atomic E-state index is -0.811. The molecule has 2 aromatic heterocycles. The zero-order valence-corrected chi connectivity index (χ0v) is 15.6. The molecule has 3 N–H and O–H groups in total. The normalized spacial score (nSPS) is 10.7. The number of hydrogen-bond donors (Lipinski definition) is 3. The van der Waals surface area contributed by atoms with E-state index in [9.17, 15) is 18.8 Å². The van der Waals surface area contributed by atoms with Crippen LogP contribution >= 0.6 is 0 Å². The van der Waals surface area contributed by atoms with Crippen molar-refractivity contribution in [1.82, 2.24) is 19.7 Å². The van der Waals surface area contributed by atoms with Crippen LogP contribution in [-0.2, 0) is 6.54 Å². The van der Waals surface area contributed by atoms with Crippen molar-refractivity contribution >= 4 is 11.6 Å². The van der Waals surface area contributed by atoms with E-state index in [-0.39, 0.29) is 17.7 Å². The summed E-state index contributed by atoms with van der Waals surface area (Å²) in [5, 5.41) is 9.34. The SMILES string of the molecule is O=C(Nc1ccc(-c2ccn[nH]2)cc1)c1c[nH]c(=O)n(Cc2ccccc2F)c1=O. The molecule has 0 spiro atoms. The Balaban J connectivity index is 1.58. The lowest BCUT2D eigenvalue weighted by molar-refractivity contribution is 0.102. The predicted octanol–water partition coefficient (Wildman–Crippen LogP) is 2.37. The van der Waals surface area contributed by atoms with Crippen molar-refractivity contribution in [2.24, 2.45) is 0 Å². The number of amides is 1. The summed E-state index contributed by atoms with van der Waals surface area (Å²) in [5.74, 6) is -1.23. The number of halogens is 1. The van der Waals surface area contributed by atoms with Crippen LogP contribution in [0.4, 0.5) is 10.1 Å². The first-order valence-electron chi connectivity index (χ1n) is 9.00. The molecule has 1 amide bonds. The van der Waals surface area contributed by atoms with Gasteiger partial charge < -0.3 is 10.3 Å². The highest BCUT2D eigenvalue weighted by Crippen LogP contribution is 2.19. The number of benzene rings is 2. The van der Waals surface area contributed by atoms with Crippen LogP contribution in [0.25, 0.3) is 11.3 Å². The van der Waals surface area contributed by atoms with Crippen molar-refractivity contribution in [3.63, 3.8) is 0 Å². The minimum absolute atomic E-state index is 0.164. The largest absolute Gasteiger partial charge is 0.328 e. The maximum atomic E-state index is 13.9. The summed E-state index contributed by atoms with van der Waals surface area (Å²) in [4.78, 5) is 39.7. The molecule has 0 radical (unpaired) electrons. The van der Waals surface area contributed by atoms with E-state index in [1.54, 1.807) is 36.5 Å². The molecule has 4 aromatic rings. The summed E-state index contributed by atoms with van der Waals surface area (Å²) in [7, 11) is 0. The van der Waals surface area contributed by atoms with E-state index in [1.165, 1.54) is 18.2 Å². The van der Waals surface area contributed by atoms with E-state index in [0.717, 1.165) is 22.0 Å². The molecule has 0 aliphatic rings. The number of aromatic nitrogens is 4. The summed E-state index contributed by atoms with van der Waals surface area (Å²) in [6.07, 6.45) is 2.68. The molecule has 8 nitrogen and oxygen atoms in total. The van der Waals surface area contributed by atoms with Crippen molar-refractivity contribution in [3.05, 3.63) is 105 Å². The van der Waals surface area contributed by atoms with Crippen LogP contribution in [-0.4, -0.2) is 25.7 Å². The lowest BCUT2D eigenvalue weighted by Crippen LogP contribution is -2.39. The van der Waals surface area contributed by atoms with Crippen LogP contribution in [0.3, 0.4) is 0 Å². The number of aromatic amines is 2. The number of nitrogens with zero attached hydrogens (tertiary/aromatic N) is 2. The van der Waals surface area contributed by atoms with Crippen molar-refractivity contribution in [3.8, 4) is 11.3 Å². The van der Waals surface area contributed by atoms with Gasteiger partial charge in [-0.15, -0.1) is 0 Å². The number of rotatable bonds is 5. The third-order valence-electron chi connectivity index (χ3n) is 4.55. The third kappa shape index (κ3) is 3.81. The van der Waals surface area contributed by atoms with Gasteiger partial charge in [-0.05, 0) is 29.8 Å². The molecule has 0 unspecified atom stereocenters. The van der Waals surface area contributed by atoms with Crippen molar-refractivity contribution in [1.29, 1.82) is 0 Å². The van der Waals surface area contributed by atoms with Crippen molar-refractivity contribution in [2.45, 2.75) is 6.54 Å². The maximum Gasteiger partial charge on any atom is 0.328 e. The molecule has 0 saturated carbocycles. The quantitative estimate of drug-likeness (QED) is 0.473. The van der Waals surface area contributed by atoms with Gasteiger partial charge in [0.25, 0.3) is 11.5 Å². The number of carbonyl (C=O) groups excluding carboxylic acids is 1. The predicted molar refractivity (Wildman–Crippen MR) is 109 cm³/mol. The Bertz CT molecular complexity index is 1310. The van der Waals surface area contributed by atoms with Gasteiger partial charge in [0.1, 0.15) is 11.4 Å². The van der Waals surface area contributed by atoms with Crippen LogP contribution in [0.1, 0.15) is 15.9 Å². The third-order valence-corrected chi connectivity index (χ3v) is 4.55. The Morgan fingerprint density at radius 1 is 1.07 bits per heavy atom. The van der Waals surface area contributed by atoms with Crippen LogP contribution < -0.4 is 16.6 Å². The van der Waals surface area contributed by atoms with Gasteiger partial charge in [0.2, 0.25) is 0 Å². The molecule has 0 atom stereocenters. The number of anilines is 1. The summed E-state index contributed by atoms with van der Waals surface area (Å²) in [5.41, 5.74) is 0.527. The van der Waals surface area contributed by atoms with Gasteiger partial charge in [-0.3, -0.25) is 19.3 Å². The summed E-state index contributed by atoms with van der Waals surface area (Å²) < 4.78 is 14.7. The topological polar surface area (TPSA) is 113 Å². The maximum absolute atomic E-state index is 13.9. The van der Waals surface area contributed by atoms with Gasteiger partial charge in [0.05, 0.1) is 12.2 Å². The summed E-state index contributed by atoms with van der Waals surface area (Å²) in [6, 6.07) is 14.5. The van der Waals surface area contributed by atoms with E-state index < -0.39 is 23.0 Å². The number of nitrogens with one attached hydrogen (secondary N) is 3. The fraction of sp³-hybridized carbons (Fsp3) is 0.0476. The zero-order chi connectivity index (χ0) is 21.1. The Morgan fingerprint density at radius 2 is 1.83 bits per heavy atom. The molecule has 2 aromatic carbocycles. The van der Waals surface area contributed by atoms with Crippen LogP contribution in [0, 0.1) is 5.82 Å². The van der Waals surface area contributed by atoms with Gasteiger partial charge in [-0.25, -0.2) is 9.18 Å². The van der Waals surface area contributed by atoms with E-state index >= 15 is 0 Å². The first-order valence-corrected chi connectivity index (χ1v) is 9.00. The average Bonchev–Trinajstić information content (AvgIpc) is 3.28. The molecule has 30 heavy (non-hydrogen) atoms. The highest BCUT2D eigenvalue weighted by molar-refractivity contribution is 6.03. The second-order valence-electron chi connectivity index (χ2n) is 6.49. The summed E-state index contributed by atoms with van der Waals surface area (Å²) in [6.45, 7) is -0.291. The Morgan fingerprint density at radius 3 is 2.53 bits per heavy atom. The first-order chi connectivity index (χ1) is 14.5. The fourth-order valence-electron chi connectivity index (χ4n) is 2.96. The molecule has 4 rings (SSSR count). The number of hydrogen-bond acceptors (Lipinski definition) is 4. The van der Waals surface area contributed by atoms with Crippen molar-refractivity contribution < 1.29 is 9.18 Å². The van der Waals surface area contributed by atoms with E-state index in [1.807, 2.05) is 6.07 Å². The Hall–Kier alpha value is -4.27. The number of carbonyl (C=O) groups is 1. The molecule has 0 saturated heterocycles. The zero-order valence-electron chi connectivity index (χ0n) is 15.6. The van der Waals surface area contributed by atoms with Gasteiger partial charge in [0, 0.05) is 23.6 Å². The molecule has 150 valence electrons. The van der Waals surface area contributed by atoms with Crippen LogP contribution in [0.15, 0.2) is 76.6 Å². The molecule has 9 heteroatoms. The fourth-order valence-corrected chi connectivity index (χ4v) is 2.96. The van der Waals surface area contributed by atoms with Crippen LogP contribution in [0.5, 0.6) is 0 Å². The molecule has 2 heterocycles. The Labute approximate surface area is 169 Å². The molecule has 0 aliphatic carbocycles. The van der Waals surface area contributed by atoms with E-state index in [2.05, 4.69) is 20.5 Å². The Kier molecular flexibility index (Phi) is 5.08. The van der Waals surface area contributed by atoms with E-state index in [4.69, 9.17) is 0 Å². The van der Waals surface area contributed by atoms with Crippen molar-refractivity contribution in [2.75, 3.05) is 5.32 Å². The monoisotopic (exact) mass is 405 g/mol.